The molecule has 0 bridgehead atoms. The van der Waals surface area contributed by atoms with Gasteiger partial charge in [0.05, 0.1) is 12.7 Å². The summed E-state index contributed by atoms with van der Waals surface area (Å²) in [5, 5.41) is 6.00. The first kappa shape index (κ1) is 14.9. The van der Waals surface area contributed by atoms with Crippen molar-refractivity contribution >= 4 is 29.9 Å². The zero-order valence-corrected chi connectivity index (χ0v) is 11.8. The van der Waals surface area contributed by atoms with Crippen molar-refractivity contribution in [2.24, 2.45) is 4.99 Å². The lowest BCUT2D eigenvalue weighted by atomic mass is 10.5. The van der Waals surface area contributed by atoms with E-state index >= 15 is 0 Å². The standard InChI is InChI=1S/C10H16N4O.HI/c1-11-10(12-2)14-6-7-15-9-4-3-5-13-8-9;/h3-5,8H,6-7H2,1-2H3,(H2,11,12,14);1H. The van der Waals surface area contributed by atoms with E-state index in [0.29, 0.717) is 13.2 Å². The van der Waals surface area contributed by atoms with E-state index in [1.165, 1.54) is 0 Å². The highest BCUT2D eigenvalue weighted by atomic mass is 127. The van der Waals surface area contributed by atoms with Gasteiger partial charge in [-0.05, 0) is 12.1 Å². The first-order chi connectivity index (χ1) is 7.36. The molecule has 0 amide bonds. The fourth-order valence-electron chi connectivity index (χ4n) is 1.05. The number of ether oxygens (including phenoxy) is 1. The summed E-state index contributed by atoms with van der Waals surface area (Å²) in [7, 11) is 3.54. The van der Waals surface area contributed by atoms with Crippen molar-refractivity contribution in [1.82, 2.24) is 15.6 Å². The molecule has 1 aromatic heterocycles. The van der Waals surface area contributed by atoms with Crippen LogP contribution in [0.3, 0.4) is 0 Å². The molecule has 0 aliphatic heterocycles. The third kappa shape index (κ3) is 5.74. The third-order valence-electron chi connectivity index (χ3n) is 1.76. The summed E-state index contributed by atoms with van der Waals surface area (Å²) in [5.41, 5.74) is 0. The molecule has 16 heavy (non-hydrogen) atoms. The molecule has 1 aromatic rings. The van der Waals surface area contributed by atoms with Gasteiger partial charge in [0.2, 0.25) is 0 Å². The second-order valence-electron chi connectivity index (χ2n) is 2.79. The molecule has 0 radical (unpaired) electrons. The van der Waals surface area contributed by atoms with E-state index < -0.39 is 0 Å². The molecule has 0 saturated carbocycles. The van der Waals surface area contributed by atoms with Gasteiger partial charge in [0.1, 0.15) is 12.4 Å². The molecule has 0 spiro atoms. The lowest BCUT2D eigenvalue weighted by Crippen LogP contribution is -2.37. The highest BCUT2D eigenvalue weighted by Crippen LogP contribution is 2.04. The van der Waals surface area contributed by atoms with Gasteiger partial charge in [-0.3, -0.25) is 9.98 Å². The van der Waals surface area contributed by atoms with E-state index in [0.717, 1.165) is 11.7 Å². The van der Waals surface area contributed by atoms with Crippen LogP contribution in [-0.4, -0.2) is 38.2 Å². The lowest BCUT2D eigenvalue weighted by molar-refractivity contribution is 0.321. The molecule has 2 N–H and O–H groups in total. The number of hydrogen-bond acceptors (Lipinski definition) is 3. The maximum atomic E-state index is 5.44. The van der Waals surface area contributed by atoms with Gasteiger partial charge in [0.15, 0.2) is 5.96 Å². The Balaban J connectivity index is 0.00000225. The van der Waals surface area contributed by atoms with Crippen molar-refractivity contribution in [2.45, 2.75) is 0 Å². The Morgan fingerprint density at radius 1 is 1.56 bits per heavy atom. The average molecular weight is 336 g/mol. The molecule has 0 aliphatic rings. The summed E-state index contributed by atoms with van der Waals surface area (Å²) in [5.74, 6) is 1.53. The molecule has 0 fully saturated rings. The summed E-state index contributed by atoms with van der Waals surface area (Å²) in [6.07, 6.45) is 3.40. The summed E-state index contributed by atoms with van der Waals surface area (Å²) >= 11 is 0. The van der Waals surface area contributed by atoms with Crippen molar-refractivity contribution in [1.29, 1.82) is 0 Å². The van der Waals surface area contributed by atoms with Crippen LogP contribution >= 0.6 is 24.0 Å². The minimum absolute atomic E-state index is 0. The Kier molecular flexibility index (Phi) is 8.59. The minimum Gasteiger partial charge on any atom is -0.490 e. The van der Waals surface area contributed by atoms with E-state index in [-0.39, 0.29) is 24.0 Å². The van der Waals surface area contributed by atoms with Crippen LogP contribution in [0.2, 0.25) is 0 Å². The van der Waals surface area contributed by atoms with Gasteiger partial charge in [-0.15, -0.1) is 24.0 Å². The van der Waals surface area contributed by atoms with Crippen LogP contribution in [0.15, 0.2) is 29.5 Å². The van der Waals surface area contributed by atoms with Crippen LogP contribution in [0.25, 0.3) is 0 Å². The number of hydrogen-bond donors (Lipinski definition) is 2. The topological polar surface area (TPSA) is 58.5 Å². The SMILES string of the molecule is CN=C(NC)NCCOc1cccnc1.I. The van der Waals surface area contributed by atoms with Gasteiger partial charge < -0.3 is 15.4 Å². The smallest absolute Gasteiger partial charge is 0.190 e. The van der Waals surface area contributed by atoms with Gasteiger partial charge in [-0.25, -0.2) is 0 Å². The highest BCUT2D eigenvalue weighted by molar-refractivity contribution is 14.0. The van der Waals surface area contributed by atoms with Crippen molar-refractivity contribution in [3.63, 3.8) is 0 Å². The Bertz CT molecular complexity index is 305. The number of nitrogens with zero attached hydrogens (tertiary/aromatic N) is 2. The van der Waals surface area contributed by atoms with E-state index in [4.69, 9.17) is 4.74 Å². The molecule has 6 heteroatoms. The van der Waals surface area contributed by atoms with Crippen molar-refractivity contribution < 1.29 is 4.74 Å². The molecular formula is C10H17IN4O. The summed E-state index contributed by atoms with van der Waals surface area (Å²) in [4.78, 5) is 7.93. The molecule has 1 heterocycles. The maximum absolute atomic E-state index is 5.44. The van der Waals surface area contributed by atoms with Crippen molar-refractivity contribution in [3.05, 3.63) is 24.5 Å². The molecule has 0 saturated heterocycles. The minimum atomic E-state index is 0. The molecule has 1 rings (SSSR count). The first-order valence-electron chi connectivity index (χ1n) is 4.78. The molecule has 0 aromatic carbocycles. The van der Waals surface area contributed by atoms with Crippen molar-refractivity contribution in [3.8, 4) is 5.75 Å². The van der Waals surface area contributed by atoms with Crippen LogP contribution in [0.4, 0.5) is 0 Å². The van der Waals surface area contributed by atoms with Crippen molar-refractivity contribution in [2.75, 3.05) is 27.2 Å². The number of nitrogens with one attached hydrogen (secondary N) is 2. The number of pyridine rings is 1. The first-order valence-corrected chi connectivity index (χ1v) is 4.78. The van der Waals surface area contributed by atoms with Gasteiger partial charge >= 0.3 is 0 Å². The average Bonchev–Trinajstić information content (AvgIpc) is 2.31. The second kappa shape index (κ2) is 9.20. The molecular weight excluding hydrogens is 319 g/mol. The maximum Gasteiger partial charge on any atom is 0.190 e. The zero-order chi connectivity index (χ0) is 10.9. The molecule has 5 nitrogen and oxygen atoms in total. The van der Waals surface area contributed by atoms with Gasteiger partial charge in [0.25, 0.3) is 0 Å². The zero-order valence-electron chi connectivity index (χ0n) is 9.43. The Hall–Kier alpha value is -1.05. The van der Waals surface area contributed by atoms with E-state index in [2.05, 4.69) is 20.6 Å². The Morgan fingerprint density at radius 3 is 2.94 bits per heavy atom. The van der Waals surface area contributed by atoms with E-state index in [9.17, 15) is 0 Å². The number of guanidine groups is 1. The van der Waals surface area contributed by atoms with E-state index in [1.807, 2.05) is 19.2 Å². The quantitative estimate of drug-likeness (QED) is 0.371. The van der Waals surface area contributed by atoms with Gasteiger partial charge in [-0.1, -0.05) is 0 Å². The van der Waals surface area contributed by atoms with Crippen LogP contribution in [0.1, 0.15) is 0 Å². The Morgan fingerprint density at radius 2 is 2.38 bits per heavy atom. The van der Waals surface area contributed by atoms with Crippen LogP contribution in [0.5, 0.6) is 5.75 Å². The highest BCUT2D eigenvalue weighted by Gasteiger charge is 1.94. The number of aliphatic imine (C=N–C) groups is 1. The summed E-state index contributed by atoms with van der Waals surface area (Å²) in [6.45, 7) is 1.27. The predicted molar refractivity (Wildman–Crippen MR) is 75.6 cm³/mol. The normalized spacial score (nSPS) is 10.2. The Labute approximate surface area is 113 Å². The number of rotatable bonds is 4. The number of halogens is 1. The van der Waals surface area contributed by atoms with Crippen LogP contribution < -0.4 is 15.4 Å². The fraction of sp³-hybridized carbons (Fsp3) is 0.400. The fourth-order valence-corrected chi connectivity index (χ4v) is 1.05. The van der Waals surface area contributed by atoms with Crippen LogP contribution in [-0.2, 0) is 0 Å². The monoisotopic (exact) mass is 336 g/mol. The van der Waals surface area contributed by atoms with Gasteiger partial charge in [0, 0.05) is 20.3 Å². The molecule has 0 atom stereocenters. The van der Waals surface area contributed by atoms with E-state index in [1.54, 1.807) is 19.4 Å². The lowest BCUT2D eigenvalue weighted by Gasteiger charge is -2.09. The third-order valence-corrected chi connectivity index (χ3v) is 1.76. The predicted octanol–water partition coefficient (Wildman–Crippen LogP) is 0.873. The van der Waals surface area contributed by atoms with Crippen LogP contribution in [0, 0.1) is 0 Å². The second-order valence-corrected chi connectivity index (χ2v) is 2.79. The summed E-state index contributed by atoms with van der Waals surface area (Å²) < 4.78 is 5.44. The van der Waals surface area contributed by atoms with Gasteiger partial charge in [-0.2, -0.15) is 0 Å². The largest absolute Gasteiger partial charge is 0.490 e. The number of aromatic nitrogens is 1. The summed E-state index contributed by atoms with van der Waals surface area (Å²) in [6, 6.07) is 3.72. The molecule has 0 aliphatic carbocycles. The molecule has 0 unspecified atom stereocenters. The molecule has 90 valence electrons.